The van der Waals surface area contributed by atoms with Crippen molar-refractivity contribution in [1.29, 1.82) is 0 Å². The van der Waals surface area contributed by atoms with Gasteiger partial charge in [0.1, 0.15) is 12.4 Å². The maximum absolute atomic E-state index is 8.57. The van der Waals surface area contributed by atoms with E-state index in [9.17, 15) is 0 Å². The number of hydrogen-bond donors (Lipinski definition) is 3. The molecule has 0 saturated carbocycles. The van der Waals surface area contributed by atoms with Gasteiger partial charge in [-0.3, -0.25) is 0 Å². The summed E-state index contributed by atoms with van der Waals surface area (Å²) < 4.78 is 5.61. The maximum Gasteiger partial charge on any atom is 0.170 e. The van der Waals surface area contributed by atoms with Crippen molar-refractivity contribution in [3.8, 4) is 5.75 Å². The zero-order valence-electron chi connectivity index (χ0n) is 12.5. The zero-order chi connectivity index (χ0) is 15.3. The molecule has 118 valence electrons. The third kappa shape index (κ3) is 7.82. The number of hydrogen-bond acceptors (Lipinski definition) is 5. The summed E-state index contributed by atoms with van der Waals surface area (Å²) in [6.45, 7) is 2.51. The van der Waals surface area contributed by atoms with Crippen molar-refractivity contribution in [3.05, 3.63) is 29.8 Å². The van der Waals surface area contributed by atoms with Crippen molar-refractivity contribution < 1.29 is 9.94 Å². The summed E-state index contributed by atoms with van der Waals surface area (Å²) in [6.07, 6.45) is 5.94. The Morgan fingerprint density at radius 1 is 1.24 bits per heavy atom. The topological polar surface area (TPSA) is 79.9 Å². The second-order valence-corrected chi connectivity index (χ2v) is 5.65. The highest BCUT2D eigenvalue weighted by Gasteiger charge is 1.99. The van der Waals surface area contributed by atoms with E-state index in [0.29, 0.717) is 12.2 Å². The van der Waals surface area contributed by atoms with E-state index in [-0.39, 0.29) is 5.84 Å². The molecule has 5 nitrogen and oxygen atoms in total. The van der Waals surface area contributed by atoms with Crippen LogP contribution >= 0.6 is 11.8 Å². The minimum atomic E-state index is 0.102. The number of nitrogens with zero attached hydrogens (tertiary/aromatic N) is 1. The van der Waals surface area contributed by atoms with Crippen molar-refractivity contribution in [2.24, 2.45) is 10.9 Å². The second kappa shape index (κ2) is 11.3. The summed E-state index contributed by atoms with van der Waals surface area (Å²) in [4.78, 5) is 0. The van der Waals surface area contributed by atoms with Gasteiger partial charge in [0.15, 0.2) is 5.84 Å². The molecule has 0 aliphatic carbocycles. The molecule has 4 N–H and O–H groups in total. The lowest BCUT2D eigenvalue weighted by Crippen LogP contribution is -2.22. The minimum absolute atomic E-state index is 0.102. The Bertz CT molecular complexity index is 410. The fraction of sp³-hybridized carbons (Fsp3) is 0.533. The van der Waals surface area contributed by atoms with Gasteiger partial charge in [-0.15, -0.1) is 0 Å². The molecule has 0 aliphatic heterocycles. The molecule has 0 saturated heterocycles. The standard InChI is InChI=1S/C15H25N3O2S/c1-21-12-4-2-3-9-17-10-11-20-14-7-5-13(6-8-14)15(16)18-19/h5-8,17,19H,2-4,9-12H2,1H3,(H2,16,18). The lowest BCUT2D eigenvalue weighted by molar-refractivity contribution is 0.313. The summed E-state index contributed by atoms with van der Waals surface area (Å²) in [7, 11) is 0. The Morgan fingerprint density at radius 3 is 2.67 bits per heavy atom. The molecule has 0 spiro atoms. The van der Waals surface area contributed by atoms with Gasteiger partial charge in [0.05, 0.1) is 0 Å². The van der Waals surface area contributed by atoms with Gasteiger partial charge in [0, 0.05) is 12.1 Å². The van der Waals surface area contributed by atoms with E-state index in [1.54, 1.807) is 12.1 Å². The van der Waals surface area contributed by atoms with Crippen molar-refractivity contribution in [2.75, 3.05) is 31.7 Å². The van der Waals surface area contributed by atoms with E-state index >= 15 is 0 Å². The molecule has 1 aromatic carbocycles. The van der Waals surface area contributed by atoms with Crippen molar-refractivity contribution in [2.45, 2.75) is 19.3 Å². The maximum atomic E-state index is 8.57. The van der Waals surface area contributed by atoms with Gasteiger partial charge in [-0.25, -0.2) is 0 Å². The summed E-state index contributed by atoms with van der Waals surface area (Å²) >= 11 is 1.91. The van der Waals surface area contributed by atoms with Crippen molar-refractivity contribution in [3.63, 3.8) is 0 Å². The third-order valence-electron chi connectivity index (χ3n) is 3.01. The fourth-order valence-electron chi connectivity index (χ4n) is 1.82. The van der Waals surface area contributed by atoms with Crippen LogP contribution in [-0.2, 0) is 0 Å². The van der Waals surface area contributed by atoms with Crippen LogP contribution in [0.5, 0.6) is 5.75 Å². The third-order valence-corrected chi connectivity index (χ3v) is 3.70. The molecule has 1 rings (SSSR count). The van der Waals surface area contributed by atoms with E-state index in [1.165, 1.54) is 25.0 Å². The van der Waals surface area contributed by atoms with Gasteiger partial charge >= 0.3 is 0 Å². The van der Waals surface area contributed by atoms with Gasteiger partial charge in [0.25, 0.3) is 0 Å². The van der Waals surface area contributed by atoms with Crippen LogP contribution in [0.1, 0.15) is 24.8 Å². The molecule has 0 aliphatic rings. The van der Waals surface area contributed by atoms with Crippen LogP contribution in [0.2, 0.25) is 0 Å². The average Bonchev–Trinajstić information content (AvgIpc) is 2.53. The van der Waals surface area contributed by atoms with Gasteiger partial charge in [-0.05, 0) is 55.7 Å². The monoisotopic (exact) mass is 311 g/mol. The predicted molar refractivity (Wildman–Crippen MR) is 89.6 cm³/mol. The Balaban J connectivity index is 2.08. The molecule has 0 bridgehead atoms. The normalized spacial score (nSPS) is 11.6. The number of nitrogens with two attached hydrogens (primary N) is 1. The van der Waals surface area contributed by atoms with Crippen molar-refractivity contribution >= 4 is 17.6 Å². The first-order valence-corrected chi connectivity index (χ1v) is 8.57. The number of unbranched alkanes of at least 4 members (excludes halogenated alkanes) is 2. The largest absolute Gasteiger partial charge is 0.492 e. The first-order valence-electron chi connectivity index (χ1n) is 7.18. The Labute approximate surface area is 130 Å². The van der Waals surface area contributed by atoms with Crippen LogP contribution in [0.25, 0.3) is 0 Å². The van der Waals surface area contributed by atoms with Crippen LogP contribution in [0.3, 0.4) is 0 Å². The number of ether oxygens (including phenoxy) is 1. The molecule has 21 heavy (non-hydrogen) atoms. The number of benzene rings is 1. The molecule has 0 fully saturated rings. The molecular formula is C15H25N3O2S. The number of oxime groups is 1. The summed E-state index contributed by atoms with van der Waals surface area (Å²) in [6, 6.07) is 7.17. The molecule has 6 heteroatoms. The molecule has 0 aromatic heterocycles. The van der Waals surface area contributed by atoms with Crippen molar-refractivity contribution in [1.82, 2.24) is 5.32 Å². The molecule has 0 unspecified atom stereocenters. The van der Waals surface area contributed by atoms with Gasteiger partial charge < -0.3 is 21.0 Å². The number of nitrogens with one attached hydrogen (secondary N) is 1. The van der Waals surface area contributed by atoms with E-state index in [1.807, 2.05) is 23.9 Å². The number of thioether (sulfide) groups is 1. The van der Waals surface area contributed by atoms with Crippen LogP contribution < -0.4 is 15.8 Å². The van der Waals surface area contributed by atoms with E-state index < -0.39 is 0 Å². The van der Waals surface area contributed by atoms with E-state index in [4.69, 9.17) is 15.7 Å². The van der Waals surface area contributed by atoms with E-state index in [0.717, 1.165) is 18.8 Å². The lowest BCUT2D eigenvalue weighted by Gasteiger charge is -2.08. The first kappa shape index (κ1) is 17.7. The van der Waals surface area contributed by atoms with E-state index in [2.05, 4.69) is 16.7 Å². The molecular weight excluding hydrogens is 286 g/mol. The second-order valence-electron chi connectivity index (χ2n) is 4.66. The fourth-order valence-corrected chi connectivity index (χ4v) is 2.31. The Morgan fingerprint density at radius 2 is 2.00 bits per heavy atom. The predicted octanol–water partition coefficient (Wildman–Crippen LogP) is 2.28. The molecule has 0 radical (unpaired) electrons. The highest BCUT2D eigenvalue weighted by Crippen LogP contribution is 2.11. The average molecular weight is 311 g/mol. The molecule has 1 aromatic rings. The smallest absolute Gasteiger partial charge is 0.170 e. The van der Waals surface area contributed by atoms with Gasteiger partial charge in [0.2, 0.25) is 0 Å². The lowest BCUT2D eigenvalue weighted by atomic mass is 10.2. The molecule has 0 heterocycles. The molecule has 0 atom stereocenters. The highest BCUT2D eigenvalue weighted by molar-refractivity contribution is 7.98. The summed E-state index contributed by atoms with van der Waals surface area (Å²) in [5.41, 5.74) is 6.16. The number of amidine groups is 1. The minimum Gasteiger partial charge on any atom is -0.492 e. The number of rotatable bonds is 11. The van der Waals surface area contributed by atoms with Crippen LogP contribution in [-0.4, -0.2) is 42.7 Å². The summed E-state index contributed by atoms with van der Waals surface area (Å²) in [5, 5.41) is 14.9. The van der Waals surface area contributed by atoms with Crippen LogP contribution in [0.15, 0.2) is 29.4 Å². The first-order chi connectivity index (χ1) is 10.3. The quantitative estimate of drug-likeness (QED) is 0.192. The van der Waals surface area contributed by atoms with Crippen LogP contribution in [0, 0.1) is 0 Å². The summed E-state index contributed by atoms with van der Waals surface area (Å²) in [5.74, 6) is 2.14. The zero-order valence-corrected chi connectivity index (χ0v) is 13.4. The van der Waals surface area contributed by atoms with Gasteiger partial charge in [-0.2, -0.15) is 11.8 Å². The molecule has 0 amide bonds. The van der Waals surface area contributed by atoms with Crippen LogP contribution in [0.4, 0.5) is 0 Å². The Kier molecular flexibility index (Phi) is 9.48. The SMILES string of the molecule is CSCCCCCNCCOc1ccc(/C(N)=N/O)cc1. The Hall–Kier alpha value is -1.40. The highest BCUT2D eigenvalue weighted by atomic mass is 32.2. The van der Waals surface area contributed by atoms with Gasteiger partial charge in [-0.1, -0.05) is 11.6 Å².